The largest absolute Gasteiger partial charge is 0.316 e. The van der Waals surface area contributed by atoms with Gasteiger partial charge in [-0.05, 0) is 57.5 Å². The molecule has 3 heteroatoms. The molecule has 3 atom stereocenters. The molecule has 3 heterocycles. The molecule has 0 aromatic rings. The molecule has 0 aliphatic carbocycles. The molecule has 3 unspecified atom stereocenters. The van der Waals surface area contributed by atoms with Gasteiger partial charge >= 0.3 is 0 Å². The highest BCUT2D eigenvalue weighted by molar-refractivity contribution is 4.94. The molecular weight excluding hydrogens is 258 g/mol. The Kier molecular flexibility index (Phi) is 5.23. The van der Waals surface area contributed by atoms with Crippen LogP contribution in [-0.4, -0.2) is 61.2 Å². The number of piperidine rings is 2. The first-order chi connectivity index (χ1) is 10.2. The Bertz CT molecular complexity index is 319. The summed E-state index contributed by atoms with van der Waals surface area (Å²) < 4.78 is 0. The quantitative estimate of drug-likeness (QED) is 0.860. The van der Waals surface area contributed by atoms with Crippen LogP contribution >= 0.6 is 0 Å². The molecule has 0 bridgehead atoms. The van der Waals surface area contributed by atoms with Gasteiger partial charge in [-0.2, -0.15) is 0 Å². The minimum atomic E-state index is 0.554. The first-order valence-electron chi connectivity index (χ1n) is 9.41. The first kappa shape index (κ1) is 15.8. The van der Waals surface area contributed by atoms with Crippen molar-refractivity contribution in [1.82, 2.24) is 15.1 Å². The van der Waals surface area contributed by atoms with Gasteiger partial charge in [0.1, 0.15) is 0 Å². The topological polar surface area (TPSA) is 18.5 Å². The van der Waals surface area contributed by atoms with Gasteiger partial charge in [0.15, 0.2) is 0 Å². The maximum atomic E-state index is 3.68. The first-order valence-corrected chi connectivity index (χ1v) is 9.41. The zero-order valence-electron chi connectivity index (χ0n) is 14.2. The Morgan fingerprint density at radius 2 is 2.10 bits per heavy atom. The van der Waals surface area contributed by atoms with E-state index < -0.39 is 0 Å². The van der Waals surface area contributed by atoms with E-state index in [2.05, 4.69) is 29.0 Å². The van der Waals surface area contributed by atoms with E-state index in [4.69, 9.17) is 0 Å². The Morgan fingerprint density at radius 1 is 1.19 bits per heavy atom. The second-order valence-electron chi connectivity index (χ2n) is 7.95. The maximum absolute atomic E-state index is 3.68. The fourth-order valence-corrected chi connectivity index (χ4v) is 5.05. The third-order valence-corrected chi connectivity index (χ3v) is 6.20. The van der Waals surface area contributed by atoms with E-state index in [9.17, 15) is 0 Å². The highest BCUT2D eigenvalue weighted by Crippen LogP contribution is 2.35. The predicted molar refractivity (Wildman–Crippen MR) is 89.7 cm³/mol. The molecule has 3 rings (SSSR count). The highest BCUT2D eigenvalue weighted by atomic mass is 15.3. The Morgan fingerprint density at radius 3 is 2.86 bits per heavy atom. The summed E-state index contributed by atoms with van der Waals surface area (Å²) in [7, 11) is 0. The van der Waals surface area contributed by atoms with Gasteiger partial charge in [-0.15, -0.1) is 0 Å². The van der Waals surface area contributed by atoms with Gasteiger partial charge in [-0.1, -0.05) is 19.8 Å². The van der Waals surface area contributed by atoms with Crippen molar-refractivity contribution >= 4 is 0 Å². The minimum absolute atomic E-state index is 0.554. The number of piperazine rings is 1. The lowest BCUT2D eigenvalue weighted by atomic mass is 9.76. The lowest BCUT2D eigenvalue weighted by Crippen LogP contribution is -2.61. The lowest BCUT2D eigenvalue weighted by molar-refractivity contribution is -0.0140. The van der Waals surface area contributed by atoms with E-state index in [0.717, 1.165) is 12.1 Å². The molecule has 3 aliphatic rings. The Balaban J connectivity index is 1.64. The standard InChI is InChI=1S/C18H35N3/c1-3-8-18(9-6-10-19-14-18)15-21-13-17-7-4-5-11-20(17)12-16(21)2/h16-17,19H,3-15H2,1-2H3. The summed E-state index contributed by atoms with van der Waals surface area (Å²) in [6, 6.07) is 1.60. The van der Waals surface area contributed by atoms with Gasteiger partial charge in [-0.25, -0.2) is 0 Å². The van der Waals surface area contributed by atoms with Gasteiger partial charge in [0.2, 0.25) is 0 Å². The lowest BCUT2D eigenvalue weighted by Gasteiger charge is -2.51. The van der Waals surface area contributed by atoms with E-state index in [1.165, 1.54) is 84.2 Å². The van der Waals surface area contributed by atoms with Crippen LogP contribution in [0.15, 0.2) is 0 Å². The summed E-state index contributed by atoms with van der Waals surface area (Å²) in [5.41, 5.74) is 0.554. The third kappa shape index (κ3) is 3.62. The van der Waals surface area contributed by atoms with Crippen molar-refractivity contribution in [3.05, 3.63) is 0 Å². The van der Waals surface area contributed by atoms with Crippen LogP contribution in [-0.2, 0) is 0 Å². The van der Waals surface area contributed by atoms with Gasteiger partial charge in [-0.3, -0.25) is 9.80 Å². The number of rotatable bonds is 4. The van der Waals surface area contributed by atoms with E-state index in [1.54, 1.807) is 0 Å². The average molecular weight is 293 g/mol. The van der Waals surface area contributed by atoms with Crippen molar-refractivity contribution in [3.63, 3.8) is 0 Å². The normalized spacial score (nSPS) is 39.1. The number of hydrogen-bond donors (Lipinski definition) is 1. The molecule has 3 nitrogen and oxygen atoms in total. The van der Waals surface area contributed by atoms with Gasteiger partial charge in [0, 0.05) is 38.3 Å². The number of fused-ring (bicyclic) bond motifs is 1. The van der Waals surface area contributed by atoms with Crippen LogP contribution in [0.25, 0.3) is 0 Å². The maximum Gasteiger partial charge on any atom is 0.0223 e. The molecule has 0 spiro atoms. The van der Waals surface area contributed by atoms with Crippen LogP contribution in [0.1, 0.15) is 58.8 Å². The molecule has 0 saturated carbocycles. The summed E-state index contributed by atoms with van der Waals surface area (Å²) in [6.45, 7) is 12.6. The fourth-order valence-electron chi connectivity index (χ4n) is 5.05. The summed E-state index contributed by atoms with van der Waals surface area (Å²) >= 11 is 0. The van der Waals surface area contributed by atoms with Crippen LogP contribution in [0.5, 0.6) is 0 Å². The van der Waals surface area contributed by atoms with Crippen molar-refractivity contribution in [2.45, 2.75) is 70.9 Å². The highest BCUT2D eigenvalue weighted by Gasteiger charge is 2.38. The molecular formula is C18H35N3. The molecule has 0 aromatic heterocycles. The molecule has 1 N–H and O–H groups in total. The second-order valence-corrected chi connectivity index (χ2v) is 7.95. The van der Waals surface area contributed by atoms with Crippen LogP contribution in [0.3, 0.4) is 0 Å². The average Bonchev–Trinajstić information content (AvgIpc) is 2.49. The summed E-state index contributed by atoms with van der Waals surface area (Å²) in [6.07, 6.45) is 9.85. The molecule has 21 heavy (non-hydrogen) atoms. The smallest absolute Gasteiger partial charge is 0.0223 e. The molecule has 3 fully saturated rings. The molecule has 0 radical (unpaired) electrons. The predicted octanol–water partition coefficient (Wildman–Crippen LogP) is 2.71. The molecule has 122 valence electrons. The number of nitrogens with zero attached hydrogens (tertiary/aromatic N) is 2. The zero-order chi connectivity index (χ0) is 14.7. The van der Waals surface area contributed by atoms with E-state index in [1.807, 2.05) is 0 Å². The summed E-state index contributed by atoms with van der Waals surface area (Å²) in [5.74, 6) is 0. The van der Waals surface area contributed by atoms with Crippen LogP contribution < -0.4 is 5.32 Å². The van der Waals surface area contributed by atoms with Crippen LogP contribution in [0.4, 0.5) is 0 Å². The third-order valence-electron chi connectivity index (χ3n) is 6.20. The van der Waals surface area contributed by atoms with Crippen molar-refractivity contribution in [2.24, 2.45) is 5.41 Å². The number of nitrogens with one attached hydrogen (secondary N) is 1. The minimum Gasteiger partial charge on any atom is -0.316 e. The van der Waals surface area contributed by atoms with Gasteiger partial charge in [0.25, 0.3) is 0 Å². The van der Waals surface area contributed by atoms with Crippen molar-refractivity contribution in [3.8, 4) is 0 Å². The zero-order valence-corrected chi connectivity index (χ0v) is 14.2. The van der Waals surface area contributed by atoms with E-state index >= 15 is 0 Å². The van der Waals surface area contributed by atoms with Crippen LogP contribution in [0, 0.1) is 5.41 Å². The molecule has 0 amide bonds. The SMILES string of the molecule is CCCC1(CN2CC3CCCCN3CC2C)CCCNC1. The monoisotopic (exact) mass is 293 g/mol. The van der Waals surface area contributed by atoms with E-state index in [-0.39, 0.29) is 0 Å². The summed E-state index contributed by atoms with van der Waals surface area (Å²) in [5, 5.41) is 3.68. The second kappa shape index (κ2) is 6.97. The Hall–Kier alpha value is -0.120. The molecule has 0 aromatic carbocycles. The van der Waals surface area contributed by atoms with Crippen molar-refractivity contribution in [2.75, 3.05) is 39.3 Å². The van der Waals surface area contributed by atoms with Crippen molar-refractivity contribution < 1.29 is 0 Å². The van der Waals surface area contributed by atoms with Gasteiger partial charge in [0.05, 0.1) is 0 Å². The van der Waals surface area contributed by atoms with E-state index in [0.29, 0.717) is 5.41 Å². The summed E-state index contributed by atoms with van der Waals surface area (Å²) in [4.78, 5) is 5.62. The molecule has 3 aliphatic heterocycles. The van der Waals surface area contributed by atoms with Crippen LogP contribution in [0.2, 0.25) is 0 Å². The van der Waals surface area contributed by atoms with Gasteiger partial charge < -0.3 is 5.32 Å². The number of hydrogen-bond acceptors (Lipinski definition) is 3. The van der Waals surface area contributed by atoms with Crippen molar-refractivity contribution in [1.29, 1.82) is 0 Å². The molecule has 3 saturated heterocycles. The Labute approximate surface area is 131 Å². The fraction of sp³-hybridized carbons (Fsp3) is 1.00.